The Morgan fingerprint density at radius 3 is 3.00 bits per heavy atom. The molecule has 0 spiro atoms. The fourth-order valence-electron chi connectivity index (χ4n) is 1.14. The summed E-state index contributed by atoms with van der Waals surface area (Å²) in [6, 6.07) is 1.84. The first-order valence-corrected chi connectivity index (χ1v) is 5.57. The highest BCUT2D eigenvalue weighted by Gasteiger charge is 2.10. The molecule has 2 aromatic heterocycles. The van der Waals surface area contributed by atoms with Crippen LogP contribution in [0.1, 0.15) is 5.01 Å². The number of ether oxygens (including phenoxy) is 1. The van der Waals surface area contributed by atoms with Crippen LogP contribution in [0.25, 0.3) is 10.6 Å². The van der Waals surface area contributed by atoms with Crippen LogP contribution < -0.4 is 4.74 Å². The third-order valence-electron chi connectivity index (χ3n) is 1.82. The fourth-order valence-corrected chi connectivity index (χ4v) is 2.07. The van der Waals surface area contributed by atoms with E-state index in [1.807, 2.05) is 6.07 Å². The molecule has 0 aliphatic heterocycles. The highest BCUT2D eigenvalue weighted by atomic mass is 35.5. The van der Waals surface area contributed by atoms with Crippen molar-refractivity contribution in [3.63, 3.8) is 0 Å². The maximum Gasteiger partial charge on any atom is 0.151 e. The average Bonchev–Trinajstić information content (AvgIpc) is 2.77. The minimum atomic E-state index is 0.380. The van der Waals surface area contributed by atoms with E-state index in [9.17, 15) is 0 Å². The van der Waals surface area contributed by atoms with Gasteiger partial charge in [-0.3, -0.25) is 4.98 Å². The molecule has 0 amide bonds. The Labute approximate surface area is 95.9 Å². The predicted molar refractivity (Wildman–Crippen MR) is 59.2 cm³/mol. The first-order valence-electron chi connectivity index (χ1n) is 4.22. The zero-order valence-corrected chi connectivity index (χ0v) is 9.55. The molecule has 0 N–H and O–H groups in total. The van der Waals surface area contributed by atoms with Crippen molar-refractivity contribution in [2.24, 2.45) is 0 Å². The minimum Gasteiger partial charge on any atom is -0.494 e. The SMILES string of the molecule is COc1cnccc1-c1nnc(CCl)s1. The Kier molecular flexibility index (Phi) is 3.13. The third kappa shape index (κ3) is 2.08. The monoisotopic (exact) mass is 241 g/mol. The van der Waals surface area contributed by atoms with E-state index in [-0.39, 0.29) is 0 Å². The predicted octanol–water partition coefficient (Wildman–Crippen LogP) is 2.35. The summed E-state index contributed by atoms with van der Waals surface area (Å²) in [6.07, 6.45) is 3.34. The van der Waals surface area contributed by atoms with Gasteiger partial charge in [-0.25, -0.2) is 0 Å². The lowest BCUT2D eigenvalue weighted by Gasteiger charge is -2.02. The third-order valence-corrected chi connectivity index (χ3v) is 3.18. The van der Waals surface area contributed by atoms with Crippen molar-refractivity contribution < 1.29 is 4.74 Å². The molecular formula is C9H8ClN3OS. The Morgan fingerprint density at radius 2 is 2.33 bits per heavy atom. The summed E-state index contributed by atoms with van der Waals surface area (Å²) >= 11 is 7.12. The average molecular weight is 242 g/mol. The zero-order chi connectivity index (χ0) is 10.7. The molecule has 0 unspecified atom stereocenters. The van der Waals surface area contributed by atoms with Crippen LogP contribution in [0, 0.1) is 0 Å². The van der Waals surface area contributed by atoms with Gasteiger partial charge in [-0.2, -0.15) is 0 Å². The van der Waals surface area contributed by atoms with Gasteiger partial charge >= 0.3 is 0 Å². The number of hydrogen-bond acceptors (Lipinski definition) is 5. The lowest BCUT2D eigenvalue weighted by molar-refractivity contribution is 0.414. The van der Waals surface area contributed by atoms with Crippen molar-refractivity contribution in [2.45, 2.75) is 5.88 Å². The number of methoxy groups -OCH3 is 1. The van der Waals surface area contributed by atoms with E-state index in [0.29, 0.717) is 11.6 Å². The van der Waals surface area contributed by atoms with Crippen LogP contribution in [0.4, 0.5) is 0 Å². The molecule has 2 aromatic rings. The van der Waals surface area contributed by atoms with Gasteiger partial charge in [0.15, 0.2) is 5.01 Å². The van der Waals surface area contributed by atoms with Gasteiger partial charge in [0.2, 0.25) is 0 Å². The normalized spacial score (nSPS) is 10.3. The summed E-state index contributed by atoms with van der Waals surface area (Å²) in [7, 11) is 1.60. The quantitative estimate of drug-likeness (QED) is 0.774. The molecule has 0 aromatic carbocycles. The van der Waals surface area contributed by atoms with E-state index in [1.165, 1.54) is 11.3 Å². The number of rotatable bonds is 3. The molecule has 15 heavy (non-hydrogen) atoms. The number of pyridine rings is 1. The Bertz CT molecular complexity index is 460. The molecule has 78 valence electrons. The maximum atomic E-state index is 5.67. The van der Waals surface area contributed by atoms with E-state index < -0.39 is 0 Å². The molecule has 0 aliphatic rings. The highest BCUT2D eigenvalue weighted by Crippen LogP contribution is 2.31. The van der Waals surface area contributed by atoms with Crippen LogP contribution >= 0.6 is 22.9 Å². The van der Waals surface area contributed by atoms with Crippen molar-refractivity contribution in [1.29, 1.82) is 0 Å². The lowest BCUT2D eigenvalue weighted by Crippen LogP contribution is -1.88. The van der Waals surface area contributed by atoms with Gasteiger partial charge in [0.25, 0.3) is 0 Å². The summed E-state index contributed by atoms with van der Waals surface area (Å²) in [5.74, 6) is 1.07. The van der Waals surface area contributed by atoms with Gasteiger partial charge in [-0.05, 0) is 6.07 Å². The van der Waals surface area contributed by atoms with Crippen molar-refractivity contribution >= 4 is 22.9 Å². The Hall–Kier alpha value is -1.20. The number of halogens is 1. The molecule has 0 saturated carbocycles. The second-order valence-corrected chi connectivity index (χ2v) is 4.04. The summed E-state index contributed by atoms with van der Waals surface area (Å²) in [5.41, 5.74) is 0.890. The largest absolute Gasteiger partial charge is 0.494 e. The van der Waals surface area contributed by atoms with Crippen LogP contribution in [0.15, 0.2) is 18.5 Å². The van der Waals surface area contributed by atoms with Gasteiger partial charge in [-0.1, -0.05) is 11.3 Å². The number of nitrogens with zero attached hydrogens (tertiary/aromatic N) is 3. The number of hydrogen-bond donors (Lipinski definition) is 0. The highest BCUT2D eigenvalue weighted by molar-refractivity contribution is 7.14. The van der Waals surface area contributed by atoms with E-state index >= 15 is 0 Å². The van der Waals surface area contributed by atoms with Crippen LogP contribution in [-0.4, -0.2) is 22.3 Å². The van der Waals surface area contributed by atoms with E-state index in [1.54, 1.807) is 19.5 Å². The van der Waals surface area contributed by atoms with E-state index in [4.69, 9.17) is 16.3 Å². The fraction of sp³-hybridized carbons (Fsp3) is 0.222. The van der Waals surface area contributed by atoms with E-state index in [2.05, 4.69) is 15.2 Å². The molecule has 2 heterocycles. The molecule has 0 fully saturated rings. The second-order valence-electron chi connectivity index (χ2n) is 2.71. The van der Waals surface area contributed by atoms with Crippen molar-refractivity contribution in [1.82, 2.24) is 15.2 Å². The molecule has 0 saturated heterocycles. The van der Waals surface area contributed by atoms with Crippen LogP contribution in [0.3, 0.4) is 0 Å². The molecule has 6 heteroatoms. The van der Waals surface area contributed by atoms with Crippen LogP contribution in [0.5, 0.6) is 5.75 Å². The zero-order valence-electron chi connectivity index (χ0n) is 7.98. The van der Waals surface area contributed by atoms with Crippen LogP contribution in [0.2, 0.25) is 0 Å². The molecule has 2 rings (SSSR count). The summed E-state index contributed by atoms with van der Waals surface area (Å²) in [4.78, 5) is 3.97. The maximum absolute atomic E-state index is 5.67. The summed E-state index contributed by atoms with van der Waals surface area (Å²) in [6.45, 7) is 0. The van der Waals surface area contributed by atoms with Crippen molar-refractivity contribution in [2.75, 3.05) is 7.11 Å². The first-order chi connectivity index (χ1) is 7.35. The first kappa shape index (κ1) is 10.3. The lowest BCUT2D eigenvalue weighted by atomic mass is 10.2. The van der Waals surface area contributed by atoms with E-state index in [0.717, 1.165) is 15.6 Å². The topological polar surface area (TPSA) is 47.9 Å². The van der Waals surface area contributed by atoms with Crippen molar-refractivity contribution in [3.05, 3.63) is 23.5 Å². The molecule has 4 nitrogen and oxygen atoms in total. The van der Waals surface area contributed by atoms with Gasteiger partial charge in [0, 0.05) is 6.20 Å². The van der Waals surface area contributed by atoms with Crippen LogP contribution in [-0.2, 0) is 5.88 Å². The van der Waals surface area contributed by atoms with Gasteiger partial charge < -0.3 is 4.74 Å². The molecule has 0 aliphatic carbocycles. The van der Waals surface area contributed by atoms with Crippen molar-refractivity contribution in [3.8, 4) is 16.3 Å². The smallest absolute Gasteiger partial charge is 0.151 e. The summed E-state index contributed by atoms with van der Waals surface area (Å²) in [5, 5.41) is 9.58. The summed E-state index contributed by atoms with van der Waals surface area (Å²) < 4.78 is 5.19. The second kappa shape index (κ2) is 4.55. The Morgan fingerprint density at radius 1 is 1.47 bits per heavy atom. The number of aromatic nitrogens is 3. The standard InChI is InChI=1S/C9H8ClN3OS/c1-14-7-5-11-3-2-6(7)9-13-12-8(4-10)15-9/h2-3,5H,4H2,1H3. The van der Waals surface area contributed by atoms with Gasteiger partial charge in [0.05, 0.1) is 24.8 Å². The minimum absolute atomic E-state index is 0.380. The molecule has 0 radical (unpaired) electrons. The number of alkyl halides is 1. The Balaban J connectivity index is 2.44. The molecular weight excluding hydrogens is 234 g/mol. The van der Waals surface area contributed by atoms with Gasteiger partial charge in [0.1, 0.15) is 10.8 Å². The molecule has 0 bridgehead atoms. The van der Waals surface area contributed by atoms with Gasteiger partial charge in [-0.15, -0.1) is 21.8 Å². The molecule has 0 atom stereocenters.